The van der Waals surface area contributed by atoms with Gasteiger partial charge in [0.05, 0.1) is 24.7 Å². The summed E-state index contributed by atoms with van der Waals surface area (Å²) in [6, 6.07) is 6.60. The molecule has 0 spiro atoms. The van der Waals surface area contributed by atoms with Crippen LogP contribution in [-0.4, -0.2) is 19.7 Å². The Morgan fingerprint density at radius 3 is 3.04 bits per heavy atom. The summed E-state index contributed by atoms with van der Waals surface area (Å²) in [5.41, 5.74) is 3.10. The molecule has 1 fully saturated rings. The summed E-state index contributed by atoms with van der Waals surface area (Å²) in [7, 11) is 0. The van der Waals surface area contributed by atoms with Crippen LogP contribution in [0.1, 0.15) is 38.1 Å². The lowest BCUT2D eigenvalue weighted by molar-refractivity contribution is 0.315. The Morgan fingerprint density at radius 1 is 1.35 bits per heavy atom. The molecular weight excluding hydrogens is 286 g/mol. The summed E-state index contributed by atoms with van der Waals surface area (Å²) in [5, 5.41) is 14.9. The van der Waals surface area contributed by atoms with Gasteiger partial charge >= 0.3 is 0 Å². The molecule has 1 aliphatic carbocycles. The molecule has 3 aromatic rings. The number of nitriles is 1. The van der Waals surface area contributed by atoms with Gasteiger partial charge in [0, 0.05) is 29.5 Å². The molecule has 0 unspecified atom stereocenters. The Labute approximate surface area is 135 Å². The first-order valence-corrected chi connectivity index (χ1v) is 8.20. The zero-order valence-corrected chi connectivity index (χ0v) is 12.9. The van der Waals surface area contributed by atoms with Gasteiger partial charge in [-0.3, -0.25) is 4.68 Å². The summed E-state index contributed by atoms with van der Waals surface area (Å²) in [5.74, 6) is 0.576. The average Bonchev–Trinajstić information content (AvgIpc) is 3.32. The predicted octanol–water partition coefficient (Wildman–Crippen LogP) is 4.07. The molecule has 3 aromatic heterocycles. The van der Waals surface area contributed by atoms with Gasteiger partial charge in [-0.2, -0.15) is 10.4 Å². The maximum Gasteiger partial charge on any atom is 0.137 e. The number of aromatic nitrogens is 4. The number of hydrogen-bond acceptors (Lipinski definition) is 3. The van der Waals surface area contributed by atoms with Crippen LogP contribution in [0.4, 0.5) is 0 Å². The molecule has 1 N–H and O–H groups in total. The Bertz CT molecular complexity index is 848. The maximum absolute atomic E-state index is 9.19. The lowest BCUT2D eigenvalue weighted by Gasteiger charge is -2.21. The zero-order chi connectivity index (χ0) is 15.6. The van der Waals surface area contributed by atoms with Crippen LogP contribution in [0.5, 0.6) is 0 Å². The van der Waals surface area contributed by atoms with Crippen LogP contribution >= 0.6 is 0 Å². The monoisotopic (exact) mass is 305 g/mol. The van der Waals surface area contributed by atoms with E-state index in [1.807, 2.05) is 35.4 Å². The van der Waals surface area contributed by atoms with Gasteiger partial charge < -0.3 is 4.98 Å². The Hall–Kier alpha value is -2.61. The first-order valence-electron chi connectivity index (χ1n) is 8.20. The second kappa shape index (κ2) is 5.88. The fourth-order valence-corrected chi connectivity index (χ4v) is 3.78. The standard InChI is InChI=1S/C18H19N5/c19-8-5-17(13-3-1-2-4-13)23-12-14(11-22-23)15-6-9-20-18-16(15)7-10-21-18/h6-7,9-13,17H,1-5H2,(H,20,21)/t17-/m1/s1. The third kappa shape index (κ3) is 2.50. The second-order valence-electron chi connectivity index (χ2n) is 6.28. The van der Waals surface area contributed by atoms with Gasteiger partial charge in [0.1, 0.15) is 5.65 Å². The maximum atomic E-state index is 9.19. The van der Waals surface area contributed by atoms with Gasteiger partial charge in [-0.05, 0) is 36.5 Å². The van der Waals surface area contributed by atoms with Gasteiger partial charge in [0.25, 0.3) is 0 Å². The number of nitrogens with one attached hydrogen (secondary N) is 1. The lowest BCUT2D eigenvalue weighted by atomic mass is 9.96. The molecule has 116 valence electrons. The van der Waals surface area contributed by atoms with Gasteiger partial charge in [-0.25, -0.2) is 4.98 Å². The van der Waals surface area contributed by atoms with Crippen LogP contribution in [0.25, 0.3) is 22.2 Å². The lowest BCUT2D eigenvalue weighted by Crippen LogP contribution is -2.17. The van der Waals surface area contributed by atoms with Crippen molar-refractivity contribution < 1.29 is 0 Å². The van der Waals surface area contributed by atoms with E-state index in [9.17, 15) is 5.26 Å². The SMILES string of the molecule is N#CC[C@H](C1CCCC1)n1cc(-c2ccnc3[nH]ccc23)cn1. The van der Waals surface area contributed by atoms with Crippen molar-refractivity contribution in [3.8, 4) is 17.2 Å². The highest BCUT2D eigenvalue weighted by Crippen LogP contribution is 2.36. The van der Waals surface area contributed by atoms with Crippen molar-refractivity contribution in [2.24, 2.45) is 5.92 Å². The van der Waals surface area contributed by atoms with Crippen LogP contribution in [0.2, 0.25) is 0 Å². The van der Waals surface area contributed by atoms with E-state index >= 15 is 0 Å². The summed E-state index contributed by atoms with van der Waals surface area (Å²) in [6.07, 6.45) is 13.2. The van der Waals surface area contributed by atoms with Crippen molar-refractivity contribution in [1.82, 2.24) is 19.7 Å². The number of nitrogens with zero attached hydrogens (tertiary/aromatic N) is 4. The molecule has 0 saturated heterocycles. The topological polar surface area (TPSA) is 70.3 Å². The minimum atomic E-state index is 0.194. The molecule has 23 heavy (non-hydrogen) atoms. The van der Waals surface area contributed by atoms with Crippen LogP contribution in [-0.2, 0) is 0 Å². The number of fused-ring (bicyclic) bond motifs is 1. The van der Waals surface area contributed by atoms with E-state index in [0.717, 1.165) is 22.2 Å². The Balaban J connectivity index is 1.70. The fraction of sp³-hybridized carbons (Fsp3) is 0.389. The van der Waals surface area contributed by atoms with E-state index in [1.165, 1.54) is 25.7 Å². The molecule has 0 aliphatic heterocycles. The van der Waals surface area contributed by atoms with E-state index in [2.05, 4.69) is 27.3 Å². The van der Waals surface area contributed by atoms with Crippen molar-refractivity contribution in [2.45, 2.75) is 38.1 Å². The fourth-order valence-electron chi connectivity index (χ4n) is 3.78. The van der Waals surface area contributed by atoms with Crippen molar-refractivity contribution in [2.75, 3.05) is 0 Å². The molecule has 0 radical (unpaired) electrons. The highest BCUT2D eigenvalue weighted by molar-refractivity contribution is 5.92. The molecular formula is C18H19N5. The molecule has 0 aromatic carbocycles. The number of rotatable bonds is 4. The first-order chi connectivity index (χ1) is 11.4. The van der Waals surface area contributed by atoms with Crippen molar-refractivity contribution >= 4 is 11.0 Å². The largest absolute Gasteiger partial charge is 0.346 e. The van der Waals surface area contributed by atoms with Gasteiger partial charge in [-0.1, -0.05) is 12.8 Å². The normalized spacial score (nSPS) is 16.7. The molecule has 0 bridgehead atoms. The van der Waals surface area contributed by atoms with Gasteiger partial charge in [-0.15, -0.1) is 0 Å². The average molecular weight is 305 g/mol. The third-order valence-electron chi connectivity index (χ3n) is 4.96. The summed E-state index contributed by atoms with van der Waals surface area (Å²) < 4.78 is 2.01. The van der Waals surface area contributed by atoms with Crippen LogP contribution < -0.4 is 0 Å². The van der Waals surface area contributed by atoms with E-state index in [1.54, 1.807) is 0 Å². The second-order valence-corrected chi connectivity index (χ2v) is 6.28. The molecule has 1 atom stereocenters. The minimum Gasteiger partial charge on any atom is -0.346 e. The molecule has 4 rings (SSSR count). The van der Waals surface area contributed by atoms with Gasteiger partial charge in [0.15, 0.2) is 0 Å². The Kier molecular flexibility index (Phi) is 3.58. The van der Waals surface area contributed by atoms with E-state index < -0.39 is 0 Å². The van der Waals surface area contributed by atoms with Crippen molar-refractivity contribution in [3.63, 3.8) is 0 Å². The number of aromatic amines is 1. The minimum absolute atomic E-state index is 0.194. The van der Waals surface area contributed by atoms with Crippen LogP contribution in [0, 0.1) is 17.2 Å². The molecule has 1 aliphatic rings. The predicted molar refractivity (Wildman–Crippen MR) is 88.5 cm³/mol. The van der Waals surface area contributed by atoms with E-state index in [-0.39, 0.29) is 6.04 Å². The quantitative estimate of drug-likeness (QED) is 0.789. The van der Waals surface area contributed by atoms with Crippen LogP contribution in [0.3, 0.4) is 0 Å². The smallest absolute Gasteiger partial charge is 0.137 e. The zero-order valence-electron chi connectivity index (χ0n) is 12.9. The third-order valence-corrected chi connectivity index (χ3v) is 4.96. The van der Waals surface area contributed by atoms with Crippen molar-refractivity contribution in [1.29, 1.82) is 5.26 Å². The number of hydrogen-bond donors (Lipinski definition) is 1. The first kappa shape index (κ1) is 14.0. The van der Waals surface area contributed by atoms with E-state index in [4.69, 9.17) is 0 Å². The highest BCUT2D eigenvalue weighted by Gasteiger charge is 2.27. The summed E-state index contributed by atoms with van der Waals surface area (Å²) >= 11 is 0. The van der Waals surface area contributed by atoms with Crippen molar-refractivity contribution in [3.05, 3.63) is 36.9 Å². The highest BCUT2D eigenvalue weighted by atomic mass is 15.3. The van der Waals surface area contributed by atoms with Crippen LogP contribution in [0.15, 0.2) is 36.9 Å². The Morgan fingerprint density at radius 2 is 2.22 bits per heavy atom. The number of pyridine rings is 1. The molecule has 1 saturated carbocycles. The molecule has 3 heterocycles. The summed E-state index contributed by atoms with van der Waals surface area (Å²) in [6.45, 7) is 0. The summed E-state index contributed by atoms with van der Waals surface area (Å²) in [4.78, 5) is 7.48. The van der Waals surface area contributed by atoms with E-state index in [0.29, 0.717) is 12.3 Å². The van der Waals surface area contributed by atoms with Gasteiger partial charge in [0.2, 0.25) is 0 Å². The molecule has 5 heteroatoms. The molecule has 5 nitrogen and oxygen atoms in total. The number of H-pyrrole nitrogens is 1. The molecule has 0 amide bonds.